The summed E-state index contributed by atoms with van der Waals surface area (Å²) in [4.78, 5) is 29.7. The Morgan fingerprint density at radius 2 is 2.00 bits per heavy atom. The molecule has 156 valence electrons. The Balaban J connectivity index is 1.19. The molecular formula is C20H28N6O3. The lowest BCUT2D eigenvalue weighted by molar-refractivity contribution is 0.0117. The van der Waals surface area contributed by atoms with Crippen molar-refractivity contribution in [1.82, 2.24) is 25.2 Å². The summed E-state index contributed by atoms with van der Waals surface area (Å²) in [5.74, 6) is 1.14. The minimum absolute atomic E-state index is 0.193. The number of carbonyl (C=O) groups excluding carboxylic acids is 1. The highest BCUT2D eigenvalue weighted by molar-refractivity contribution is 5.91. The van der Waals surface area contributed by atoms with E-state index in [-0.39, 0.29) is 12.0 Å². The van der Waals surface area contributed by atoms with Crippen LogP contribution in [0, 0.1) is 0 Å². The summed E-state index contributed by atoms with van der Waals surface area (Å²) in [5.41, 5.74) is 0.334. The number of nitrogens with zero attached hydrogens (tertiary/aromatic N) is 5. The second-order valence-electron chi connectivity index (χ2n) is 7.47. The number of anilines is 1. The molecule has 2 aliphatic heterocycles. The maximum absolute atomic E-state index is 12.3. The number of rotatable bonds is 7. The van der Waals surface area contributed by atoms with Crippen LogP contribution in [0.5, 0.6) is 0 Å². The molecule has 2 aromatic rings. The highest BCUT2D eigenvalue weighted by Gasteiger charge is 2.21. The van der Waals surface area contributed by atoms with Crippen molar-refractivity contribution in [2.45, 2.75) is 38.3 Å². The van der Waals surface area contributed by atoms with Gasteiger partial charge in [-0.2, -0.15) is 0 Å². The van der Waals surface area contributed by atoms with E-state index in [9.17, 15) is 4.79 Å². The lowest BCUT2D eigenvalue weighted by Crippen LogP contribution is -2.46. The molecule has 0 saturated carbocycles. The third kappa shape index (κ3) is 5.51. The molecule has 0 aliphatic carbocycles. The Morgan fingerprint density at radius 3 is 2.76 bits per heavy atom. The van der Waals surface area contributed by atoms with E-state index >= 15 is 0 Å². The molecule has 0 aromatic carbocycles. The summed E-state index contributed by atoms with van der Waals surface area (Å²) in [6.07, 6.45) is 9.48. The average Bonchev–Trinajstić information content (AvgIpc) is 3.24. The Kier molecular flexibility index (Phi) is 6.68. The van der Waals surface area contributed by atoms with Crippen molar-refractivity contribution in [2.75, 3.05) is 44.2 Å². The zero-order valence-electron chi connectivity index (χ0n) is 16.6. The number of amides is 1. The fraction of sp³-hybridized carbons (Fsp3) is 0.600. The molecule has 0 spiro atoms. The maximum atomic E-state index is 12.3. The van der Waals surface area contributed by atoms with Gasteiger partial charge in [0.25, 0.3) is 5.91 Å². The Bertz CT molecular complexity index is 770. The molecule has 1 N–H and O–H groups in total. The molecule has 0 radical (unpaired) electrons. The van der Waals surface area contributed by atoms with Crippen molar-refractivity contribution in [3.05, 3.63) is 36.3 Å². The van der Waals surface area contributed by atoms with Gasteiger partial charge in [-0.05, 0) is 31.7 Å². The van der Waals surface area contributed by atoms with Crippen LogP contribution in [0.25, 0.3) is 0 Å². The van der Waals surface area contributed by atoms with E-state index in [1.165, 1.54) is 12.7 Å². The first-order chi connectivity index (χ1) is 14.3. The standard InChI is InChI=1S/C20H28N6O3/c27-19(21-8-5-16-4-1-2-13-28-16)17-15-29-18(24-17)14-25-9-11-26(12-10-25)20-22-6-3-7-23-20/h3,6-7,15-16H,1-2,4-5,8-14H2,(H,21,27). The molecule has 1 unspecified atom stereocenters. The van der Waals surface area contributed by atoms with Crippen molar-refractivity contribution < 1.29 is 13.9 Å². The molecule has 2 saturated heterocycles. The number of hydrogen-bond acceptors (Lipinski definition) is 8. The number of carbonyl (C=O) groups is 1. The van der Waals surface area contributed by atoms with Gasteiger partial charge >= 0.3 is 0 Å². The smallest absolute Gasteiger partial charge is 0.273 e. The largest absolute Gasteiger partial charge is 0.447 e. The summed E-state index contributed by atoms with van der Waals surface area (Å²) >= 11 is 0. The Morgan fingerprint density at radius 1 is 1.17 bits per heavy atom. The minimum Gasteiger partial charge on any atom is -0.447 e. The van der Waals surface area contributed by atoms with Crippen molar-refractivity contribution in [2.24, 2.45) is 0 Å². The quantitative estimate of drug-likeness (QED) is 0.746. The van der Waals surface area contributed by atoms with Crippen LogP contribution in [0.2, 0.25) is 0 Å². The molecule has 29 heavy (non-hydrogen) atoms. The van der Waals surface area contributed by atoms with Crippen molar-refractivity contribution in [3.63, 3.8) is 0 Å². The minimum atomic E-state index is -0.193. The number of piperazine rings is 1. The number of ether oxygens (including phenoxy) is 1. The molecule has 9 heteroatoms. The Labute approximate surface area is 170 Å². The van der Waals surface area contributed by atoms with Gasteiger partial charge in [0.2, 0.25) is 11.8 Å². The van der Waals surface area contributed by atoms with Gasteiger partial charge in [0.1, 0.15) is 6.26 Å². The zero-order valence-corrected chi connectivity index (χ0v) is 16.6. The fourth-order valence-corrected chi connectivity index (χ4v) is 3.71. The van der Waals surface area contributed by atoms with Crippen LogP contribution in [-0.2, 0) is 11.3 Å². The van der Waals surface area contributed by atoms with E-state index in [1.54, 1.807) is 12.4 Å². The molecule has 2 aliphatic rings. The van der Waals surface area contributed by atoms with Gasteiger partial charge in [-0.15, -0.1) is 0 Å². The van der Waals surface area contributed by atoms with Gasteiger partial charge < -0.3 is 19.4 Å². The van der Waals surface area contributed by atoms with Crippen molar-refractivity contribution >= 4 is 11.9 Å². The molecule has 4 heterocycles. The van der Waals surface area contributed by atoms with Crippen LogP contribution in [0.4, 0.5) is 5.95 Å². The summed E-state index contributed by atoms with van der Waals surface area (Å²) in [7, 11) is 0. The highest BCUT2D eigenvalue weighted by Crippen LogP contribution is 2.15. The van der Waals surface area contributed by atoms with Crippen LogP contribution in [0.3, 0.4) is 0 Å². The number of aromatic nitrogens is 3. The third-order valence-electron chi connectivity index (χ3n) is 5.38. The molecule has 2 aromatic heterocycles. The van der Waals surface area contributed by atoms with Crippen molar-refractivity contribution in [3.8, 4) is 0 Å². The number of oxazole rings is 1. The molecule has 1 amide bonds. The van der Waals surface area contributed by atoms with Gasteiger partial charge in [0.05, 0.1) is 12.6 Å². The highest BCUT2D eigenvalue weighted by atomic mass is 16.5. The van der Waals surface area contributed by atoms with Crippen molar-refractivity contribution in [1.29, 1.82) is 0 Å². The number of nitrogens with one attached hydrogen (secondary N) is 1. The zero-order chi connectivity index (χ0) is 19.9. The van der Waals surface area contributed by atoms with E-state index in [1.807, 2.05) is 6.07 Å². The summed E-state index contributed by atoms with van der Waals surface area (Å²) in [6.45, 7) is 5.44. The third-order valence-corrected chi connectivity index (χ3v) is 5.38. The van der Waals surface area contributed by atoms with Gasteiger partial charge in [-0.25, -0.2) is 15.0 Å². The molecular weight excluding hydrogens is 372 g/mol. The second-order valence-corrected chi connectivity index (χ2v) is 7.47. The first kappa shape index (κ1) is 19.8. The predicted octanol–water partition coefficient (Wildman–Crippen LogP) is 1.48. The first-order valence-electron chi connectivity index (χ1n) is 10.4. The second kappa shape index (κ2) is 9.80. The average molecular weight is 400 g/mol. The molecule has 9 nitrogen and oxygen atoms in total. The normalized spacial score (nSPS) is 20.6. The van der Waals surface area contributed by atoms with Crippen LogP contribution in [0.15, 0.2) is 29.1 Å². The molecule has 2 fully saturated rings. The SMILES string of the molecule is O=C(NCCC1CCCCO1)c1coc(CN2CCN(c3ncccn3)CC2)n1. The monoisotopic (exact) mass is 400 g/mol. The molecule has 0 bridgehead atoms. The lowest BCUT2D eigenvalue weighted by Gasteiger charge is -2.33. The van der Waals surface area contributed by atoms with Crippen LogP contribution < -0.4 is 10.2 Å². The first-order valence-corrected chi connectivity index (χ1v) is 10.4. The van der Waals surface area contributed by atoms with Gasteiger partial charge in [-0.3, -0.25) is 9.69 Å². The Hall–Kier alpha value is -2.52. The molecule has 4 rings (SSSR count). The topological polar surface area (TPSA) is 96.6 Å². The van der Waals surface area contributed by atoms with Crippen LogP contribution in [0.1, 0.15) is 42.1 Å². The number of hydrogen-bond donors (Lipinski definition) is 1. The van der Waals surface area contributed by atoms with E-state index < -0.39 is 0 Å². The van der Waals surface area contributed by atoms with Crippen LogP contribution >= 0.6 is 0 Å². The summed E-state index contributed by atoms with van der Waals surface area (Å²) < 4.78 is 11.2. The lowest BCUT2D eigenvalue weighted by atomic mass is 10.1. The van der Waals surface area contributed by atoms with E-state index in [0.717, 1.165) is 58.0 Å². The predicted molar refractivity (Wildman–Crippen MR) is 107 cm³/mol. The van der Waals surface area contributed by atoms with E-state index in [0.29, 0.717) is 24.7 Å². The summed E-state index contributed by atoms with van der Waals surface area (Å²) in [5, 5.41) is 2.91. The summed E-state index contributed by atoms with van der Waals surface area (Å²) in [6, 6.07) is 1.82. The molecule has 1 atom stereocenters. The van der Waals surface area contributed by atoms with Gasteiger partial charge in [0, 0.05) is 51.7 Å². The van der Waals surface area contributed by atoms with Crippen LogP contribution in [-0.4, -0.2) is 71.2 Å². The van der Waals surface area contributed by atoms with E-state index in [4.69, 9.17) is 9.15 Å². The van der Waals surface area contributed by atoms with Gasteiger partial charge in [-0.1, -0.05) is 0 Å². The fourth-order valence-electron chi connectivity index (χ4n) is 3.71. The maximum Gasteiger partial charge on any atom is 0.273 e. The van der Waals surface area contributed by atoms with Gasteiger partial charge in [0.15, 0.2) is 5.69 Å². The van der Waals surface area contributed by atoms with E-state index in [2.05, 4.69) is 30.1 Å².